The van der Waals surface area contributed by atoms with Crippen LogP contribution in [0.15, 0.2) is 45.8 Å². The van der Waals surface area contributed by atoms with Gasteiger partial charge in [0, 0.05) is 4.47 Å². The highest BCUT2D eigenvalue weighted by molar-refractivity contribution is 9.10. The van der Waals surface area contributed by atoms with Crippen LogP contribution in [0.2, 0.25) is 0 Å². The quantitative estimate of drug-likeness (QED) is 0.901. The van der Waals surface area contributed by atoms with Gasteiger partial charge in [-0.05, 0) is 46.3 Å². The van der Waals surface area contributed by atoms with Gasteiger partial charge in [0.2, 0.25) is 0 Å². The third kappa shape index (κ3) is 2.96. The van der Waals surface area contributed by atoms with Gasteiger partial charge in [0.15, 0.2) is 11.6 Å². The number of halogens is 4. The first-order valence-electron chi connectivity index (χ1n) is 5.23. The number of benzene rings is 2. The fraction of sp³-hybridized carbons (Fsp3) is 0. The van der Waals surface area contributed by atoms with Crippen LogP contribution in [0.3, 0.4) is 0 Å². The first-order valence-corrected chi connectivity index (χ1v) is 7.51. The lowest BCUT2D eigenvalue weighted by Gasteiger charge is -2.10. The highest BCUT2D eigenvalue weighted by Crippen LogP contribution is 2.26. The molecule has 0 aliphatic rings. The maximum absolute atomic E-state index is 13.4. The largest absolute Gasteiger partial charge is 0.277 e. The zero-order valence-corrected chi connectivity index (χ0v) is 12.1. The van der Waals surface area contributed by atoms with Gasteiger partial charge in [0.25, 0.3) is 10.0 Å². The SMILES string of the molecule is O=S(=O)(Nc1cccc(F)c1F)c1ccc(F)cc1Br. The zero-order valence-electron chi connectivity index (χ0n) is 9.70. The minimum atomic E-state index is -4.17. The summed E-state index contributed by atoms with van der Waals surface area (Å²) in [6.45, 7) is 0. The lowest BCUT2D eigenvalue weighted by atomic mass is 10.3. The van der Waals surface area contributed by atoms with Crippen molar-refractivity contribution >= 4 is 31.6 Å². The molecule has 2 aromatic rings. The van der Waals surface area contributed by atoms with Gasteiger partial charge in [-0.25, -0.2) is 21.6 Å². The van der Waals surface area contributed by atoms with Crippen LogP contribution in [0.25, 0.3) is 0 Å². The van der Waals surface area contributed by atoms with Crippen molar-refractivity contribution in [2.45, 2.75) is 4.90 Å². The van der Waals surface area contributed by atoms with Crippen molar-refractivity contribution in [3.63, 3.8) is 0 Å². The minimum absolute atomic E-state index is 0.0261. The van der Waals surface area contributed by atoms with E-state index in [1.54, 1.807) is 0 Å². The second kappa shape index (κ2) is 5.45. The molecule has 1 N–H and O–H groups in total. The van der Waals surface area contributed by atoms with Crippen molar-refractivity contribution in [1.29, 1.82) is 0 Å². The Labute approximate surface area is 121 Å². The Morgan fingerprint density at radius 2 is 1.75 bits per heavy atom. The maximum Gasteiger partial charge on any atom is 0.263 e. The van der Waals surface area contributed by atoms with Gasteiger partial charge in [-0.3, -0.25) is 4.72 Å². The van der Waals surface area contributed by atoms with Crippen LogP contribution in [0.1, 0.15) is 0 Å². The fourth-order valence-electron chi connectivity index (χ4n) is 1.48. The highest BCUT2D eigenvalue weighted by atomic mass is 79.9. The standard InChI is InChI=1S/C12H7BrF3NO2S/c13-8-6-7(14)4-5-11(8)20(18,19)17-10-3-1-2-9(15)12(10)16/h1-6,17H. The number of rotatable bonds is 3. The minimum Gasteiger partial charge on any atom is -0.277 e. The topological polar surface area (TPSA) is 46.2 Å². The van der Waals surface area contributed by atoms with E-state index in [9.17, 15) is 21.6 Å². The van der Waals surface area contributed by atoms with E-state index in [1.807, 2.05) is 4.72 Å². The Hall–Kier alpha value is -1.54. The Kier molecular flexibility index (Phi) is 4.05. The van der Waals surface area contributed by atoms with Crippen LogP contribution in [0, 0.1) is 17.5 Å². The van der Waals surface area contributed by atoms with E-state index in [2.05, 4.69) is 15.9 Å². The van der Waals surface area contributed by atoms with Gasteiger partial charge in [-0.2, -0.15) is 0 Å². The molecule has 0 aromatic heterocycles. The van der Waals surface area contributed by atoms with Crippen molar-refractivity contribution in [1.82, 2.24) is 0 Å². The van der Waals surface area contributed by atoms with Crippen LogP contribution >= 0.6 is 15.9 Å². The maximum atomic E-state index is 13.4. The zero-order chi connectivity index (χ0) is 14.9. The molecule has 0 heterocycles. The molecular formula is C12H7BrF3NO2S. The molecule has 0 bridgehead atoms. The number of hydrogen-bond donors (Lipinski definition) is 1. The first kappa shape index (κ1) is 14.9. The smallest absolute Gasteiger partial charge is 0.263 e. The summed E-state index contributed by atoms with van der Waals surface area (Å²) < 4.78 is 65.4. The van der Waals surface area contributed by atoms with Crippen molar-refractivity contribution in [2.24, 2.45) is 0 Å². The van der Waals surface area contributed by atoms with Crippen molar-refractivity contribution < 1.29 is 21.6 Å². The summed E-state index contributed by atoms with van der Waals surface area (Å²) in [7, 11) is -4.17. The molecule has 20 heavy (non-hydrogen) atoms. The van der Waals surface area contributed by atoms with Gasteiger partial charge < -0.3 is 0 Å². The number of sulfonamides is 1. The van der Waals surface area contributed by atoms with Crippen LogP contribution in [-0.2, 0) is 10.0 Å². The molecule has 0 amide bonds. The van der Waals surface area contributed by atoms with Crippen LogP contribution in [-0.4, -0.2) is 8.42 Å². The Morgan fingerprint density at radius 1 is 1.05 bits per heavy atom. The van der Waals surface area contributed by atoms with E-state index >= 15 is 0 Å². The molecule has 0 saturated heterocycles. The molecule has 8 heteroatoms. The molecule has 0 saturated carbocycles. The van der Waals surface area contributed by atoms with Gasteiger partial charge in [0.1, 0.15) is 10.7 Å². The predicted octanol–water partition coefficient (Wildman–Crippen LogP) is 3.67. The van der Waals surface area contributed by atoms with Gasteiger partial charge in [-0.15, -0.1) is 0 Å². The predicted molar refractivity (Wildman–Crippen MR) is 71.3 cm³/mol. The van der Waals surface area contributed by atoms with E-state index in [4.69, 9.17) is 0 Å². The third-order valence-corrected chi connectivity index (χ3v) is 4.72. The Balaban J connectivity index is 2.44. The summed E-state index contributed by atoms with van der Waals surface area (Å²) in [6.07, 6.45) is 0. The molecule has 106 valence electrons. The first-order chi connectivity index (χ1) is 9.31. The molecule has 2 aromatic carbocycles. The van der Waals surface area contributed by atoms with Crippen LogP contribution < -0.4 is 4.72 Å². The Bertz CT molecular complexity index is 765. The number of anilines is 1. The summed E-state index contributed by atoms with van der Waals surface area (Å²) in [6, 6.07) is 6.01. The van der Waals surface area contributed by atoms with Crippen molar-refractivity contribution in [3.8, 4) is 0 Å². The van der Waals surface area contributed by atoms with E-state index in [-0.39, 0.29) is 9.37 Å². The van der Waals surface area contributed by atoms with E-state index in [0.717, 1.165) is 36.4 Å². The molecular weight excluding hydrogens is 359 g/mol. The van der Waals surface area contributed by atoms with Crippen molar-refractivity contribution in [3.05, 3.63) is 58.3 Å². The molecule has 2 rings (SSSR count). The number of hydrogen-bond acceptors (Lipinski definition) is 2. The molecule has 0 fully saturated rings. The molecule has 0 aliphatic carbocycles. The molecule has 0 radical (unpaired) electrons. The van der Waals surface area contributed by atoms with E-state index in [0.29, 0.717) is 0 Å². The summed E-state index contributed by atoms with van der Waals surface area (Å²) in [5.41, 5.74) is -0.527. The molecule has 0 atom stereocenters. The van der Waals surface area contributed by atoms with Crippen LogP contribution in [0.5, 0.6) is 0 Å². The summed E-state index contributed by atoms with van der Waals surface area (Å²) in [4.78, 5) is -0.289. The van der Waals surface area contributed by atoms with Gasteiger partial charge >= 0.3 is 0 Å². The summed E-state index contributed by atoms with van der Waals surface area (Å²) >= 11 is 2.90. The molecule has 0 unspecified atom stereocenters. The second-order valence-electron chi connectivity index (χ2n) is 3.78. The monoisotopic (exact) mass is 365 g/mol. The second-order valence-corrected chi connectivity index (χ2v) is 6.29. The van der Waals surface area contributed by atoms with Gasteiger partial charge in [-0.1, -0.05) is 6.07 Å². The normalized spacial score (nSPS) is 11.4. The highest BCUT2D eigenvalue weighted by Gasteiger charge is 2.20. The molecule has 0 spiro atoms. The Morgan fingerprint density at radius 3 is 2.40 bits per heavy atom. The third-order valence-electron chi connectivity index (χ3n) is 2.38. The van der Waals surface area contributed by atoms with Crippen LogP contribution in [0.4, 0.5) is 18.9 Å². The lowest BCUT2D eigenvalue weighted by molar-refractivity contribution is 0.511. The van der Waals surface area contributed by atoms with Gasteiger partial charge in [0.05, 0.1) is 5.69 Å². The average molecular weight is 366 g/mol. The summed E-state index contributed by atoms with van der Waals surface area (Å²) in [5, 5.41) is 0. The molecule has 3 nitrogen and oxygen atoms in total. The van der Waals surface area contributed by atoms with E-state index < -0.39 is 33.2 Å². The van der Waals surface area contributed by atoms with Crippen molar-refractivity contribution in [2.75, 3.05) is 4.72 Å². The fourth-order valence-corrected chi connectivity index (χ4v) is 3.59. The summed E-state index contributed by atoms with van der Waals surface area (Å²) in [5.74, 6) is -3.12. The lowest BCUT2D eigenvalue weighted by Crippen LogP contribution is -2.15. The molecule has 0 aliphatic heterocycles. The number of nitrogens with one attached hydrogen (secondary N) is 1. The average Bonchev–Trinajstić information content (AvgIpc) is 2.34. The van der Waals surface area contributed by atoms with E-state index in [1.165, 1.54) is 0 Å².